The van der Waals surface area contributed by atoms with Crippen LogP contribution >= 0.6 is 35.4 Å². The van der Waals surface area contributed by atoms with Gasteiger partial charge < -0.3 is 15.1 Å². The monoisotopic (exact) mass is 402 g/mol. The van der Waals surface area contributed by atoms with Gasteiger partial charge in [-0.3, -0.25) is 0 Å². The molecular weight excluding hydrogens is 384 g/mol. The van der Waals surface area contributed by atoms with Crippen LogP contribution < -0.4 is 10.2 Å². The molecule has 1 aliphatic rings. The molecule has 4 nitrogen and oxygen atoms in total. The van der Waals surface area contributed by atoms with Crippen molar-refractivity contribution in [3.05, 3.63) is 59.1 Å². The molecule has 2 aromatic carbocycles. The van der Waals surface area contributed by atoms with Gasteiger partial charge >= 0.3 is 0 Å². The first-order valence-corrected chi connectivity index (χ1v) is 10.1. The van der Waals surface area contributed by atoms with E-state index < -0.39 is 0 Å². The van der Waals surface area contributed by atoms with Gasteiger partial charge in [-0.15, -0.1) is 0 Å². The molecule has 26 heavy (non-hydrogen) atoms. The molecule has 0 aliphatic carbocycles. The minimum absolute atomic E-state index is 0.715. The van der Waals surface area contributed by atoms with E-state index in [1.54, 1.807) is 11.5 Å². The molecule has 0 radical (unpaired) electrons. The number of hydrogen-bond acceptors (Lipinski definition) is 4. The second-order valence-corrected chi connectivity index (χ2v) is 7.89. The van der Waals surface area contributed by atoms with Crippen molar-refractivity contribution in [3.63, 3.8) is 0 Å². The van der Waals surface area contributed by atoms with Gasteiger partial charge in [0.15, 0.2) is 5.11 Å². The zero-order valence-corrected chi connectivity index (χ0v) is 16.6. The quantitative estimate of drug-likeness (QED) is 0.665. The summed E-state index contributed by atoms with van der Waals surface area (Å²) in [4.78, 5) is 4.59. The van der Waals surface area contributed by atoms with Gasteiger partial charge in [-0.2, -0.15) is 4.37 Å². The van der Waals surface area contributed by atoms with E-state index in [4.69, 9.17) is 23.8 Å². The van der Waals surface area contributed by atoms with Crippen LogP contribution in [0.15, 0.2) is 48.5 Å². The normalized spacial score (nSPS) is 14.7. The van der Waals surface area contributed by atoms with Crippen LogP contribution in [0.1, 0.15) is 5.56 Å². The van der Waals surface area contributed by atoms with Gasteiger partial charge in [0.25, 0.3) is 0 Å². The van der Waals surface area contributed by atoms with Crippen molar-refractivity contribution < 1.29 is 0 Å². The number of thiocarbonyl (C=S) groups is 1. The van der Waals surface area contributed by atoms with Gasteiger partial charge in [0, 0.05) is 43.1 Å². The van der Waals surface area contributed by atoms with Gasteiger partial charge in [0.05, 0.1) is 4.70 Å². The predicted octanol–water partition coefficient (Wildman–Crippen LogP) is 4.15. The van der Waals surface area contributed by atoms with E-state index in [1.165, 1.54) is 15.6 Å². The highest BCUT2D eigenvalue weighted by atomic mass is 35.5. The molecule has 0 spiro atoms. The van der Waals surface area contributed by atoms with Crippen molar-refractivity contribution in [2.75, 3.05) is 31.1 Å². The molecule has 7 heteroatoms. The Kier molecular flexibility index (Phi) is 5.24. The topological polar surface area (TPSA) is 31.4 Å². The molecule has 2 heterocycles. The maximum absolute atomic E-state index is 5.92. The SMILES string of the molecule is S=C(NCc1ccc(Cl)cc1)N1CCN(c2nsc3ccccc23)CC1. The Labute approximate surface area is 167 Å². The lowest BCUT2D eigenvalue weighted by Gasteiger charge is -2.36. The number of hydrogen-bond donors (Lipinski definition) is 1. The van der Waals surface area contributed by atoms with Gasteiger partial charge in [0.2, 0.25) is 0 Å². The molecule has 4 rings (SSSR count). The van der Waals surface area contributed by atoms with Crippen LogP contribution in [0, 0.1) is 0 Å². The number of benzene rings is 2. The third-order valence-electron chi connectivity index (χ3n) is 4.58. The first-order chi connectivity index (χ1) is 12.7. The molecule has 1 aromatic heterocycles. The summed E-state index contributed by atoms with van der Waals surface area (Å²) in [6.07, 6.45) is 0. The number of halogens is 1. The molecule has 1 aliphatic heterocycles. The fourth-order valence-corrected chi connectivity index (χ4v) is 4.29. The Morgan fingerprint density at radius 3 is 2.58 bits per heavy atom. The highest BCUT2D eigenvalue weighted by molar-refractivity contribution is 7.80. The average molecular weight is 403 g/mol. The Morgan fingerprint density at radius 1 is 1.08 bits per heavy atom. The van der Waals surface area contributed by atoms with E-state index in [-0.39, 0.29) is 0 Å². The Balaban J connectivity index is 1.33. The van der Waals surface area contributed by atoms with E-state index in [0.717, 1.165) is 42.1 Å². The molecule has 0 unspecified atom stereocenters. The summed E-state index contributed by atoms with van der Waals surface area (Å²) in [5.74, 6) is 1.10. The number of anilines is 1. The first kappa shape index (κ1) is 17.5. The second kappa shape index (κ2) is 7.78. The van der Waals surface area contributed by atoms with Crippen molar-refractivity contribution in [1.82, 2.24) is 14.6 Å². The van der Waals surface area contributed by atoms with Gasteiger partial charge in [-0.05, 0) is 53.6 Å². The van der Waals surface area contributed by atoms with E-state index >= 15 is 0 Å². The summed E-state index contributed by atoms with van der Waals surface area (Å²) >= 11 is 13.1. The Bertz CT molecular complexity index is 901. The van der Waals surface area contributed by atoms with Crippen molar-refractivity contribution in [2.45, 2.75) is 6.54 Å². The van der Waals surface area contributed by atoms with Crippen molar-refractivity contribution in [1.29, 1.82) is 0 Å². The van der Waals surface area contributed by atoms with Crippen LogP contribution in [-0.4, -0.2) is 40.6 Å². The van der Waals surface area contributed by atoms with E-state index in [9.17, 15) is 0 Å². The minimum Gasteiger partial charge on any atom is -0.358 e. The number of rotatable bonds is 3. The summed E-state index contributed by atoms with van der Waals surface area (Å²) in [5.41, 5.74) is 1.17. The molecule has 3 aromatic rings. The highest BCUT2D eigenvalue weighted by Crippen LogP contribution is 2.29. The number of piperazine rings is 1. The van der Waals surface area contributed by atoms with Crippen molar-refractivity contribution in [2.24, 2.45) is 0 Å². The van der Waals surface area contributed by atoms with Crippen LogP contribution in [-0.2, 0) is 6.54 Å². The lowest BCUT2D eigenvalue weighted by atomic mass is 10.2. The maximum Gasteiger partial charge on any atom is 0.169 e. The van der Waals surface area contributed by atoms with Gasteiger partial charge in [0.1, 0.15) is 5.82 Å². The molecule has 1 fully saturated rings. The van der Waals surface area contributed by atoms with E-state index in [0.29, 0.717) is 6.54 Å². The second-order valence-electron chi connectivity index (χ2n) is 6.26. The highest BCUT2D eigenvalue weighted by Gasteiger charge is 2.21. The summed E-state index contributed by atoms with van der Waals surface area (Å²) in [7, 11) is 0. The predicted molar refractivity (Wildman–Crippen MR) is 114 cm³/mol. The largest absolute Gasteiger partial charge is 0.358 e. The minimum atomic E-state index is 0.715. The Hall–Kier alpha value is -1.89. The molecule has 0 saturated carbocycles. The third kappa shape index (κ3) is 3.77. The number of fused-ring (bicyclic) bond motifs is 1. The van der Waals surface area contributed by atoms with Crippen molar-refractivity contribution in [3.8, 4) is 0 Å². The summed E-state index contributed by atoms with van der Waals surface area (Å²) in [6, 6.07) is 16.3. The number of nitrogens with one attached hydrogen (secondary N) is 1. The molecular formula is C19H19ClN4S2. The van der Waals surface area contributed by atoms with E-state index in [1.807, 2.05) is 24.3 Å². The Morgan fingerprint density at radius 2 is 1.81 bits per heavy atom. The average Bonchev–Trinajstić information content (AvgIpc) is 3.11. The summed E-state index contributed by atoms with van der Waals surface area (Å²) < 4.78 is 5.90. The maximum atomic E-state index is 5.92. The van der Waals surface area contributed by atoms with Crippen LogP contribution in [0.5, 0.6) is 0 Å². The zero-order chi connectivity index (χ0) is 17.9. The zero-order valence-electron chi connectivity index (χ0n) is 14.2. The smallest absolute Gasteiger partial charge is 0.169 e. The molecule has 0 bridgehead atoms. The van der Waals surface area contributed by atoms with Crippen LogP contribution in [0.25, 0.3) is 10.1 Å². The molecule has 0 atom stereocenters. The summed E-state index contributed by atoms with van der Waals surface area (Å²) in [5, 5.41) is 6.15. The lowest BCUT2D eigenvalue weighted by molar-refractivity contribution is 0.379. The third-order valence-corrected chi connectivity index (χ3v) is 6.05. The number of aromatic nitrogens is 1. The lowest BCUT2D eigenvalue weighted by Crippen LogP contribution is -2.51. The van der Waals surface area contributed by atoms with Gasteiger partial charge in [-0.1, -0.05) is 35.9 Å². The molecule has 0 amide bonds. The van der Waals surface area contributed by atoms with E-state index in [2.05, 4.69) is 43.8 Å². The molecule has 1 N–H and O–H groups in total. The fraction of sp³-hybridized carbons (Fsp3) is 0.263. The van der Waals surface area contributed by atoms with Crippen LogP contribution in [0.2, 0.25) is 5.02 Å². The number of nitrogens with zero attached hydrogens (tertiary/aromatic N) is 3. The van der Waals surface area contributed by atoms with Crippen molar-refractivity contribution >= 4 is 56.4 Å². The summed E-state index contributed by atoms with van der Waals surface area (Å²) in [6.45, 7) is 4.37. The fourth-order valence-electron chi connectivity index (χ4n) is 3.11. The first-order valence-electron chi connectivity index (χ1n) is 8.57. The molecule has 1 saturated heterocycles. The standard InChI is InChI=1S/C19H19ClN4S2/c20-15-7-5-14(6-8-15)13-21-19(25)24-11-9-23(10-12-24)18-16-3-1-2-4-17(16)26-22-18/h1-8H,9-13H2,(H,21,25). The molecule has 134 valence electrons. The van der Waals surface area contributed by atoms with Gasteiger partial charge in [-0.25, -0.2) is 0 Å². The van der Waals surface area contributed by atoms with Crippen LogP contribution in [0.3, 0.4) is 0 Å². The van der Waals surface area contributed by atoms with Crippen LogP contribution in [0.4, 0.5) is 5.82 Å².